The van der Waals surface area contributed by atoms with Gasteiger partial charge in [0.1, 0.15) is 0 Å². The number of anilines is 1. The topological polar surface area (TPSA) is 32.3 Å². The molecule has 1 fully saturated rings. The number of rotatable bonds is 3. The molecule has 1 aliphatic carbocycles. The zero-order valence-corrected chi connectivity index (χ0v) is 11.2. The minimum atomic E-state index is -0.571. The lowest BCUT2D eigenvalue weighted by Crippen LogP contribution is -2.48. The molecule has 1 heterocycles. The van der Waals surface area contributed by atoms with Crippen LogP contribution in [0.2, 0.25) is 0 Å². The third-order valence-corrected chi connectivity index (χ3v) is 4.73. The molecule has 2 unspecified atom stereocenters. The largest absolute Gasteiger partial charge is 0.388 e. The third-order valence-electron chi connectivity index (χ3n) is 4.73. The molecule has 0 radical (unpaired) electrons. The van der Waals surface area contributed by atoms with Crippen LogP contribution in [0.4, 0.5) is 5.69 Å². The molecule has 2 nitrogen and oxygen atoms in total. The van der Waals surface area contributed by atoms with Crippen LogP contribution in [0.1, 0.15) is 44.6 Å². The lowest BCUT2D eigenvalue weighted by atomic mass is 9.74. The highest BCUT2D eigenvalue weighted by molar-refractivity contribution is 5.54. The lowest BCUT2D eigenvalue weighted by molar-refractivity contribution is 0.000185. The van der Waals surface area contributed by atoms with Crippen molar-refractivity contribution < 1.29 is 5.11 Å². The summed E-state index contributed by atoms with van der Waals surface area (Å²) in [5, 5.41) is 14.3. The van der Waals surface area contributed by atoms with E-state index in [4.69, 9.17) is 0 Å². The highest BCUT2D eigenvalue weighted by Crippen LogP contribution is 2.38. The van der Waals surface area contributed by atoms with E-state index in [9.17, 15) is 5.11 Å². The van der Waals surface area contributed by atoms with Crippen LogP contribution >= 0.6 is 0 Å². The van der Waals surface area contributed by atoms with E-state index >= 15 is 0 Å². The Labute approximate surface area is 109 Å². The molecule has 2 aliphatic rings. The van der Waals surface area contributed by atoms with Crippen LogP contribution in [0, 0.1) is 5.92 Å². The highest BCUT2D eigenvalue weighted by atomic mass is 16.3. The zero-order chi connectivity index (χ0) is 12.6. The molecule has 1 aromatic rings. The highest BCUT2D eigenvalue weighted by Gasteiger charge is 2.37. The average molecular weight is 245 g/mol. The van der Waals surface area contributed by atoms with Crippen molar-refractivity contribution >= 4 is 5.69 Å². The number of nitrogens with one attached hydrogen (secondary N) is 1. The molecular formula is C16H23NO. The molecule has 2 heteroatoms. The van der Waals surface area contributed by atoms with Crippen LogP contribution in [-0.2, 0) is 6.42 Å². The second-order valence-electron chi connectivity index (χ2n) is 6.25. The van der Waals surface area contributed by atoms with Crippen molar-refractivity contribution in [3.63, 3.8) is 0 Å². The van der Waals surface area contributed by atoms with Crippen molar-refractivity contribution in [3.8, 4) is 0 Å². The second kappa shape index (κ2) is 4.58. The first-order valence-electron chi connectivity index (χ1n) is 7.22. The van der Waals surface area contributed by atoms with E-state index < -0.39 is 5.60 Å². The smallest absolute Gasteiger partial charge is 0.0822 e. The Morgan fingerprint density at radius 1 is 1.28 bits per heavy atom. The van der Waals surface area contributed by atoms with Crippen molar-refractivity contribution in [3.05, 3.63) is 29.8 Å². The molecular weight excluding hydrogens is 222 g/mol. The van der Waals surface area contributed by atoms with E-state index in [1.165, 1.54) is 30.5 Å². The monoisotopic (exact) mass is 245 g/mol. The predicted molar refractivity (Wildman–Crippen MR) is 74.8 cm³/mol. The normalized spacial score (nSPS) is 26.7. The average Bonchev–Trinajstić information content (AvgIpc) is 2.33. The van der Waals surface area contributed by atoms with Gasteiger partial charge in [0.25, 0.3) is 0 Å². The predicted octanol–water partition coefficient (Wildman–Crippen LogP) is 3.35. The van der Waals surface area contributed by atoms with Gasteiger partial charge in [-0.15, -0.1) is 0 Å². The Kier molecular flexibility index (Phi) is 3.06. The molecule has 0 spiro atoms. The molecule has 18 heavy (non-hydrogen) atoms. The summed E-state index contributed by atoms with van der Waals surface area (Å²) in [5.41, 5.74) is 2.02. The van der Waals surface area contributed by atoms with Gasteiger partial charge in [0.2, 0.25) is 0 Å². The molecule has 0 bridgehead atoms. The molecule has 1 aromatic carbocycles. The Morgan fingerprint density at radius 3 is 2.78 bits per heavy atom. The zero-order valence-electron chi connectivity index (χ0n) is 11.2. The van der Waals surface area contributed by atoms with Gasteiger partial charge in [-0.25, -0.2) is 0 Å². The summed E-state index contributed by atoms with van der Waals surface area (Å²) in [5.74, 6) is 0.749. The maximum Gasteiger partial charge on any atom is 0.0822 e. The van der Waals surface area contributed by atoms with Crippen molar-refractivity contribution in [2.24, 2.45) is 5.92 Å². The number of aliphatic hydroxyl groups is 1. The van der Waals surface area contributed by atoms with Crippen molar-refractivity contribution in [1.82, 2.24) is 0 Å². The number of fused-ring (bicyclic) bond motifs is 1. The van der Waals surface area contributed by atoms with Gasteiger partial charge in [0, 0.05) is 5.69 Å². The first-order chi connectivity index (χ1) is 8.65. The fourth-order valence-corrected chi connectivity index (χ4v) is 3.33. The van der Waals surface area contributed by atoms with Crippen LogP contribution in [0.5, 0.6) is 0 Å². The molecule has 3 rings (SSSR count). The standard InChI is InChI=1S/C16H23NO/c1-16(18,11-12-5-4-6-12)15-10-9-13-7-2-3-8-14(13)17-15/h2-3,7-8,12,15,17-18H,4-6,9-11H2,1H3. The Hall–Kier alpha value is -1.02. The van der Waals surface area contributed by atoms with E-state index in [1.807, 2.05) is 6.92 Å². The number of benzene rings is 1. The summed E-state index contributed by atoms with van der Waals surface area (Å²) >= 11 is 0. The van der Waals surface area contributed by atoms with Gasteiger partial charge in [-0.3, -0.25) is 0 Å². The second-order valence-corrected chi connectivity index (χ2v) is 6.25. The molecule has 2 atom stereocenters. The van der Waals surface area contributed by atoms with Crippen molar-refractivity contribution in [1.29, 1.82) is 0 Å². The third kappa shape index (κ3) is 2.26. The van der Waals surface area contributed by atoms with Crippen LogP contribution in [0.15, 0.2) is 24.3 Å². The van der Waals surface area contributed by atoms with Gasteiger partial charge < -0.3 is 10.4 Å². The minimum absolute atomic E-state index is 0.202. The first kappa shape index (κ1) is 12.0. The molecule has 2 N–H and O–H groups in total. The molecule has 98 valence electrons. The molecule has 1 saturated carbocycles. The van der Waals surface area contributed by atoms with Gasteiger partial charge in [-0.1, -0.05) is 37.5 Å². The quantitative estimate of drug-likeness (QED) is 0.856. The fraction of sp³-hybridized carbons (Fsp3) is 0.625. The van der Waals surface area contributed by atoms with E-state index in [-0.39, 0.29) is 6.04 Å². The lowest BCUT2D eigenvalue weighted by Gasteiger charge is -2.41. The number of para-hydroxylation sites is 1. The van der Waals surface area contributed by atoms with Gasteiger partial charge in [-0.05, 0) is 43.7 Å². The van der Waals surface area contributed by atoms with Crippen LogP contribution in [0.25, 0.3) is 0 Å². The van der Waals surface area contributed by atoms with Crippen LogP contribution in [-0.4, -0.2) is 16.7 Å². The van der Waals surface area contributed by atoms with E-state index in [0.717, 1.165) is 25.2 Å². The number of hydrogen-bond donors (Lipinski definition) is 2. The Bertz CT molecular complexity index is 423. The van der Waals surface area contributed by atoms with Gasteiger partial charge in [-0.2, -0.15) is 0 Å². The summed E-state index contributed by atoms with van der Waals surface area (Å²) in [6.07, 6.45) is 7.03. The maximum absolute atomic E-state index is 10.7. The fourth-order valence-electron chi connectivity index (χ4n) is 3.33. The molecule has 0 saturated heterocycles. The Balaban J connectivity index is 1.70. The maximum atomic E-state index is 10.7. The molecule has 0 amide bonds. The summed E-state index contributed by atoms with van der Waals surface area (Å²) in [7, 11) is 0. The summed E-state index contributed by atoms with van der Waals surface area (Å²) < 4.78 is 0. The van der Waals surface area contributed by atoms with Crippen LogP contribution < -0.4 is 5.32 Å². The molecule has 0 aromatic heterocycles. The number of aryl methyl sites for hydroxylation is 1. The SMILES string of the molecule is CC(O)(CC1CCC1)C1CCc2ccccc2N1. The molecule has 1 aliphatic heterocycles. The van der Waals surface area contributed by atoms with E-state index in [1.54, 1.807) is 0 Å². The first-order valence-corrected chi connectivity index (χ1v) is 7.22. The summed E-state index contributed by atoms with van der Waals surface area (Å²) in [6.45, 7) is 2.01. The number of hydrogen-bond acceptors (Lipinski definition) is 2. The minimum Gasteiger partial charge on any atom is -0.388 e. The summed E-state index contributed by atoms with van der Waals surface area (Å²) in [6, 6.07) is 8.66. The Morgan fingerprint density at radius 2 is 2.06 bits per heavy atom. The van der Waals surface area contributed by atoms with Gasteiger partial charge >= 0.3 is 0 Å². The van der Waals surface area contributed by atoms with Crippen molar-refractivity contribution in [2.45, 2.75) is 57.1 Å². The van der Waals surface area contributed by atoms with Crippen molar-refractivity contribution in [2.75, 3.05) is 5.32 Å². The van der Waals surface area contributed by atoms with Crippen LogP contribution in [0.3, 0.4) is 0 Å². The van der Waals surface area contributed by atoms with E-state index in [0.29, 0.717) is 0 Å². The van der Waals surface area contributed by atoms with Gasteiger partial charge in [0.15, 0.2) is 0 Å². The summed E-state index contributed by atoms with van der Waals surface area (Å²) in [4.78, 5) is 0. The van der Waals surface area contributed by atoms with Gasteiger partial charge in [0.05, 0.1) is 11.6 Å². The van der Waals surface area contributed by atoms with E-state index in [2.05, 4.69) is 29.6 Å².